The molecule has 110 valence electrons. The van der Waals surface area contributed by atoms with Crippen LogP contribution in [-0.4, -0.2) is 5.91 Å². The van der Waals surface area contributed by atoms with Crippen LogP contribution < -0.4 is 5.32 Å². The van der Waals surface area contributed by atoms with Gasteiger partial charge in [-0.15, -0.1) is 0 Å². The predicted molar refractivity (Wildman–Crippen MR) is 85.8 cm³/mol. The van der Waals surface area contributed by atoms with Gasteiger partial charge in [0.2, 0.25) is 0 Å². The Morgan fingerprint density at radius 1 is 1.24 bits per heavy atom. The van der Waals surface area contributed by atoms with Gasteiger partial charge in [-0.3, -0.25) is 4.79 Å². The van der Waals surface area contributed by atoms with Crippen molar-refractivity contribution in [3.8, 4) is 0 Å². The van der Waals surface area contributed by atoms with Crippen LogP contribution in [0.15, 0.2) is 46.9 Å². The van der Waals surface area contributed by atoms with E-state index in [2.05, 4.69) is 40.3 Å². The predicted octanol–water partition coefficient (Wildman–Crippen LogP) is 4.64. The van der Waals surface area contributed by atoms with Crippen LogP contribution in [0.3, 0.4) is 0 Å². The van der Waals surface area contributed by atoms with Crippen LogP contribution in [0, 0.1) is 5.82 Å². The van der Waals surface area contributed by atoms with Crippen LogP contribution in [0.4, 0.5) is 4.39 Å². The van der Waals surface area contributed by atoms with Crippen molar-refractivity contribution in [1.82, 2.24) is 5.32 Å². The molecule has 0 aliphatic rings. The zero-order chi connectivity index (χ0) is 15.4. The summed E-state index contributed by atoms with van der Waals surface area (Å²) >= 11 is 3.27. The first-order valence-corrected chi connectivity index (χ1v) is 7.65. The fourth-order valence-corrected chi connectivity index (χ4v) is 2.50. The average Bonchev–Trinajstić information content (AvgIpc) is 2.49. The van der Waals surface area contributed by atoms with Crippen LogP contribution in [0.5, 0.6) is 0 Å². The highest BCUT2D eigenvalue weighted by atomic mass is 79.9. The Hall–Kier alpha value is -1.68. The molecular formula is C17H17BrFNO. The number of aryl methyl sites for hydroxylation is 1. The third-order valence-electron chi connectivity index (χ3n) is 3.41. The molecule has 0 heterocycles. The quantitative estimate of drug-likeness (QED) is 0.855. The van der Waals surface area contributed by atoms with E-state index in [9.17, 15) is 9.18 Å². The molecule has 1 amide bonds. The summed E-state index contributed by atoms with van der Waals surface area (Å²) in [7, 11) is 0. The van der Waals surface area contributed by atoms with Crippen LogP contribution in [0.2, 0.25) is 0 Å². The number of hydrogen-bond acceptors (Lipinski definition) is 1. The molecule has 0 radical (unpaired) electrons. The van der Waals surface area contributed by atoms with E-state index in [1.54, 1.807) is 0 Å². The second-order valence-electron chi connectivity index (χ2n) is 4.91. The van der Waals surface area contributed by atoms with Crippen molar-refractivity contribution < 1.29 is 9.18 Å². The summed E-state index contributed by atoms with van der Waals surface area (Å²) in [5.41, 5.74) is 2.57. The van der Waals surface area contributed by atoms with Gasteiger partial charge in [0.15, 0.2) is 0 Å². The SMILES string of the molecule is CCc1ccc(C(C)NC(=O)c2cc(F)ccc2Br)cc1. The third kappa shape index (κ3) is 3.91. The van der Waals surface area contributed by atoms with E-state index >= 15 is 0 Å². The van der Waals surface area contributed by atoms with Crippen molar-refractivity contribution in [2.45, 2.75) is 26.3 Å². The van der Waals surface area contributed by atoms with Crippen molar-refractivity contribution in [3.05, 3.63) is 69.4 Å². The molecule has 2 rings (SSSR count). The second kappa shape index (κ2) is 6.85. The lowest BCUT2D eigenvalue weighted by Gasteiger charge is -2.15. The van der Waals surface area contributed by atoms with E-state index in [0.717, 1.165) is 12.0 Å². The molecule has 0 spiro atoms. The molecule has 0 aliphatic heterocycles. The van der Waals surface area contributed by atoms with Gasteiger partial charge in [0.25, 0.3) is 5.91 Å². The van der Waals surface area contributed by atoms with Gasteiger partial charge in [-0.1, -0.05) is 31.2 Å². The van der Waals surface area contributed by atoms with E-state index in [-0.39, 0.29) is 11.9 Å². The molecule has 1 unspecified atom stereocenters. The first-order valence-electron chi connectivity index (χ1n) is 6.86. The minimum Gasteiger partial charge on any atom is -0.345 e. The molecule has 0 bridgehead atoms. The fraction of sp³-hybridized carbons (Fsp3) is 0.235. The number of carbonyl (C=O) groups is 1. The Kier molecular flexibility index (Phi) is 5.12. The Bertz CT molecular complexity index is 640. The molecule has 2 nitrogen and oxygen atoms in total. The molecule has 0 saturated heterocycles. The minimum absolute atomic E-state index is 0.140. The number of carbonyl (C=O) groups excluding carboxylic acids is 1. The Labute approximate surface area is 132 Å². The standard InChI is InChI=1S/C17H17BrFNO/c1-3-12-4-6-13(7-5-12)11(2)20-17(21)15-10-14(19)8-9-16(15)18/h4-11H,3H2,1-2H3,(H,20,21). The van der Waals surface area contributed by atoms with E-state index in [1.807, 2.05) is 19.1 Å². The smallest absolute Gasteiger partial charge is 0.253 e. The lowest BCUT2D eigenvalue weighted by molar-refractivity contribution is 0.0938. The van der Waals surface area contributed by atoms with Gasteiger partial charge in [-0.25, -0.2) is 4.39 Å². The summed E-state index contributed by atoms with van der Waals surface area (Å²) in [5.74, 6) is -0.725. The zero-order valence-electron chi connectivity index (χ0n) is 12.0. The summed E-state index contributed by atoms with van der Waals surface area (Å²) in [6.45, 7) is 4.01. The maximum atomic E-state index is 13.3. The van der Waals surface area contributed by atoms with E-state index in [1.165, 1.54) is 23.8 Å². The maximum absolute atomic E-state index is 13.3. The van der Waals surface area contributed by atoms with Crippen molar-refractivity contribution >= 4 is 21.8 Å². The van der Waals surface area contributed by atoms with E-state index < -0.39 is 5.82 Å². The molecule has 0 aliphatic carbocycles. The molecule has 0 saturated carbocycles. The molecular weight excluding hydrogens is 333 g/mol. The topological polar surface area (TPSA) is 29.1 Å². The highest BCUT2D eigenvalue weighted by Gasteiger charge is 2.14. The molecule has 0 aromatic heterocycles. The molecule has 0 fully saturated rings. The van der Waals surface area contributed by atoms with Crippen molar-refractivity contribution in [1.29, 1.82) is 0 Å². The van der Waals surface area contributed by atoms with Gasteiger partial charge >= 0.3 is 0 Å². The first kappa shape index (κ1) is 15.7. The van der Waals surface area contributed by atoms with Crippen LogP contribution >= 0.6 is 15.9 Å². The summed E-state index contributed by atoms with van der Waals surface area (Å²) in [6.07, 6.45) is 0.983. The third-order valence-corrected chi connectivity index (χ3v) is 4.10. The lowest BCUT2D eigenvalue weighted by Crippen LogP contribution is -2.27. The van der Waals surface area contributed by atoms with E-state index in [0.29, 0.717) is 10.0 Å². The molecule has 2 aromatic rings. The molecule has 1 N–H and O–H groups in total. The van der Waals surface area contributed by atoms with E-state index in [4.69, 9.17) is 0 Å². The number of amides is 1. The highest BCUT2D eigenvalue weighted by Crippen LogP contribution is 2.20. The van der Waals surface area contributed by atoms with Gasteiger partial charge in [-0.2, -0.15) is 0 Å². The highest BCUT2D eigenvalue weighted by molar-refractivity contribution is 9.10. The van der Waals surface area contributed by atoms with Gasteiger partial charge in [-0.05, 0) is 58.6 Å². The maximum Gasteiger partial charge on any atom is 0.253 e. The number of rotatable bonds is 4. The second-order valence-corrected chi connectivity index (χ2v) is 5.77. The Morgan fingerprint density at radius 2 is 1.90 bits per heavy atom. The Balaban J connectivity index is 2.12. The molecule has 21 heavy (non-hydrogen) atoms. The van der Waals surface area contributed by atoms with Gasteiger partial charge in [0.1, 0.15) is 5.82 Å². The van der Waals surface area contributed by atoms with Crippen LogP contribution in [0.25, 0.3) is 0 Å². The number of halogens is 2. The molecule has 4 heteroatoms. The summed E-state index contributed by atoms with van der Waals surface area (Å²) < 4.78 is 13.8. The normalized spacial score (nSPS) is 12.0. The monoisotopic (exact) mass is 349 g/mol. The molecule has 1 atom stereocenters. The van der Waals surface area contributed by atoms with Crippen molar-refractivity contribution in [2.24, 2.45) is 0 Å². The summed E-state index contributed by atoms with van der Waals surface area (Å²) in [5, 5.41) is 2.88. The van der Waals surface area contributed by atoms with Crippen LogP contribution in [-0.2, 0) is 6.42 Å². The lowest BCUT2D eigenvalue weighted by atomic mass is 10.0. The number of nitrogens with one attached hydrogen (secondary N) is 1. The fourth-order valence-electron chi connectivity index (χ4n) is 2.07. The summed E-state index contributed by atoms with van der Waals surface area (Å²) in [4.78, 5) is 12.2. The van der Waals surface area contributed by atoms with Gasteiger partial charge < -0.3 is 5.32 Å². The number of hydrogen-bond donors (Lipinski definition) is 1. The summed E-state index contributed by atoms with van der Waals surface area (Å²) in [6, 6.07) is 12.0. The molecule has 2 aromatic carbocycles. The van der Waals surface area contributed by atoms with Gasteiger partial charge in [0, 0.05) is 4.47 Å². The van der Waals surface area contributed by atoms with Crippen molar-refractivity contribution in [2.75, 3.05) is 0 Å². The average molecular weight is 350 g/mol. The van der Waals surface area contributed by atoms with Crippen molar-refractivity contribution in [3.63, 3.8) is 0 Å². The largest absolute Gasteiger partial charge is 0.345 e. The Morgan fingerprint density at radius 3 is 2.52 bits per heavy atom. The number of benzene rings is 2. The minimum atomic E-state index is -0.427. The first-order chi connectivity index (χ1) is 10.0. The van der Waals surface area contributed by atoms with Gasteiger partial charge in [0.05, 0.1) is 11.6 Å². The zero-order valence-corrected chi connectivity index (χ0v) is 13.6. The van der Waals surface area contributed by atoms with Crippen LogP contribution in [0.1, 0.15) is 41.4 Å².